The van der Waals surface area contributed by atoms with Crippen LogP contribution in [0.5, 0.6) is 0 Å². The van der Waals surface area contributed by atoms with E-state index in [1.807, 2.05) is 24.3 Å². The number of carbonyl (C=O) groups is 1. The number of nitrogens with one attached hydrogen (secondary N) is 2. The molecule has 0 heterocycles. The standard InChI is InChI=1S/C17H26N2O2/c1-4-21-17(20)19-15-9-7-14(8-10-15)18-16-6-5-12(2)13(3)11-16/h7-10,12-13,16,18H,4-6,11H2,1-3H3,(H,19,20). The first kappa shape index (κ1) is 15.7. The van der Waals surface area contributed by atoms with Crippen molar-refractivity contribution < 1.29 is 9.53 Å². The van der Waals surface area contributed by atoms with Crippen molar-refractivity contribution in [2.75, 3.05) is 17.2 Å². The molecule has 2 rings (SSSR count). The molecule has 0 aromatic heterocycles. The van der Waals surface area contributed by atoms with Gasteiger partial charge in [-0.1, -0.05) is 13.8 Å². The molecule has 0 radical (unpaired) electrons. The number of anilines is 2. The Morgan fingerprint density at radius 1 is 1.14 bits per heavy atom. The molecule has 21 heavy (non-hydrogen) atoms. The number of benzene rings is 1. The van der Waals surface area contributed by atoms with Gasteiger partial charge in [-0.25, -0.2) is 4.79 Å². The van der Waals surface area contributed by atoms with Gasteiger partial charge in [-0.05, 0) is 62.3 Å². The highest BCUT2D eigenvalue weighted by atomic mass is 16.5. The lowest BCUT2D eigenvalue weighted by Gasteiger charge is -2.33. The number of hydrogen-bond acceptors (Lipinski definition) is 3. The van der Waals surface area contributed by atoms with E-state index in [0.717, 1.165) is 23.2 Å². The Kier molecular flexibility index (Phi) is 5.48. The summed E-state index contributed by atoms with van der Waals surface area (Å²) in [5, 5.41) is 6.29. The lowest BCUT2D eigenvalue weighted by atomic mass is 9.79. The number of carbonyl (C=O) groups excluding carboxylic acids is 1. The molecule has 2 N–H and O–H groups in total. The number of hydrogen-bond donors (Lipinski definition) is 2. The van der Waals surface area contributed by atoms with E-state index in [0.29, 0.717) is 12.6 Å². The predicted molar refractivity (Wildman–Crippen MR) is 86.7 cm³/mol. The van der Waals surface area contributed by atoms with Crippen LogP contribution in [0.3, 0.4) is 0 Å². The van der Waals surface area contributed by atoms with E-state index < -0.39 is 6.09 Å². The van der Waals surface area contributed by atoms with Gasteiger partial charge in [-0.2, -0.15) is 0 Å². The second-order valence-electron chi connectivity index (χ2n) is 6.03. The average Bonchev–Trinajstić information content (AvgIpc) is 2.45. The lowest BCUT2D eigenvalue weighted by molar-refractivity contribution is 0.168. The monoisotopic (exact) mass is 290 g/mol. The molecule has 0 aliphatic heterocycles. The Labute approximate surface area is 127 Å². The van der Waals surface area contributed by atoms with Crippen molar-refractivity contribution >= 4 is 17.5 Å². The molecule has 0 bridgehead atoms. The lowest BCUT2D eigenvalue weighted by Crippen LogP contribution is -2.30. The van der Waals surface area contributed by atoms with Crippen LogP contribution < -0.4 is 10.6 Å². The molecule has 4 nitrogen and oxygen atoms in total. The van der Waals surface area contributed by atoms with Crippen molar-refractivity contribution in [3.63, 3.8) is 0 Å². The first-order valence-corrected chi connectivity index (χ1v) is 7.89. The number of rotatable bonds is 4. The summed E-state index contributed by atoms with van der Waals surface area (Å²) < 4.78 is 4.85. The minimum Gasteiger partial charge on any atom is -0.450 e. The zero-order valence-corrected chi connectivity index (χ0v) is 13.2. The fraction of sp³-hybridized carbons (Fsp3) is 0.588. The summed E-state index contributed by atoms with van der Waals surface area (Å²) >= 11 is 0. The van der Waals surface area contributed by atoms with Gasteiger partial charge in [0.05, 0.1) is 6.61 Å². The second kappa shape index (κ2) is 7.34. The summed E-state index contributed by atoms with van der Waals surface area (Å²) in [4.78, 5) is 11.3. The summed E-state index contributed by atoms with van der Waals surface area (Å²) in [6, 6.07) is 8.36. The van der Waals surface area contributed by atoms with E-state index in [1.165, 1.54) is 19.3 Å². The van der Waals surface area contributed by atoms with E-state index in [9.17, 15) is 4.79 Å². The largest absolute Gasteiger partial charge is 0.450 e. The van der Waals surface area contributed by atoms with E-state index in [1.54, 1.807) is 6.92 Å². The van der Waals surface area contributed by atoms with Gasteiger partial charge < -0.3 is 10.1 Å². The number of amides is 1. The third kappa shape index (κ3) is 4.66. The van der Waals surface area contributed by atoms with Gasteiger partial charge in [0.1, 0.15) is 0 Å². The number of ether oxygens (including phenoxy) is 1. The smallest absolute Gasteiger partial charge is 0.411 e. The normalized spacial score (nSPS) is 25.2. The molecule has 1 fully saturated rings. The van der Waals surface area contributed by atoms with Crippen LogP contribution in [0, 0.1) is 11.8 Å². The van der Waals surface area contributed by atoms with Gasteiger partial charge in [-0.15, -0.1) is 0 Å². The van der Waals surface area contributed by atoms with E-state index >= 15 is 0 Å². The summed E-state index contributed by atoms with van der Waals surface area (Å²) in [7, 11) is 0. The summed E-state index contributed by atoms with van der Waals surface area (Å²) in [5.41, 5.74) is 1.86. The highest BCUT2D eigenvalue weighted by molar-refractivity contribution is 5.84. The topological polar surface area (TPSA) is 50.4 Å². The Balaban J connectivity index is 1.86. The SMILES string of the molecule is CCOC(=O)Nc1ccc(NC2CCC(C)C(C)C2)cc1. The molecule has 1 amide bonds. The molecule has 1 aromatic rings. The Bertz CT molecular complexity index is 458. The van der Waals surface area contributed by atoms with Crippen LogP contribution in [0.4, 0.5) is 16.2 Å². The fourth-order valence-electron chi connectivity index (χ4n) is 2.85. The first-order chi connectivity index (χ1) is 10.1. The third-order valence-corrected chi connectivity index (χ3v) is 4.38. The van der Waals surface area contributed by atoms with E-state index in [-0.39, 0.29) is 0 Å². The molecule has 116 valence electrons. The minimum absolute atomic E-state index is 0.379. The average molecular weight is 290 g/mol. The van der Waals surface area contributed by atoms with Crippen LogP contribution in [-0.4, -0.2) is 18.7 Å². The molecule has 1 aliphatic carbocycles. The van der Waals surface area contributed by atoms with Crippen LogP contribution in [0.1, 0.15) is 40.0 Å². The van der Waals surface area contributed by atoms with Crippen LogP contribution >= 0.6 is 0 Å². The molecule has 0 saturated heterocycles. The maximum atomic E-state index is 11.3. The maximum absolute atomic E-state index is 11.3. The Hall–Kier alpha value is -1.71. The highest BCUT2D eigenvalue weighted by Gasteiger charge is 2.24. The van der Waals surface area contributed by atoms with Gasteiger partial charge in [0.15, 0.2) is 0 Å². The highest BCUT2D eigenvalue weighted by Crippen LogP contribution is 2.31. The van der Waals surface area contributed by atoms with Crippen molar-refractivity contribution in [1.29, 1.82) is 0 Å². The fourth-order valence-corrected chi connectivity index (χ4v) is 2.85. The molecular weight excluding hydrogens is 264 g/mol. The minimum atomic E-state index is -0.409. The van der Waals surface area contributed by atoms with Gasteiger partial charge in [0, 0.05) is 17.4 Å². The van der Waals surface area contributed by atoms with Gasteiger partial charge >= 0.3 is 6.09 Å². The van der Waals surface area contributed by atoms with E-state index in [4.69, 9.17) is 4.74 Å². The molecule has 1 aliphatic rings. The van der Waals surface area contributed by atoms with Crippen LogP contribution in [-0.2, 0) is 4.74 Å². The summed E-state index contributed by atoms with van der Waals surface area (Å²) in [6.07, 6.45) is 3.34. The molecule has 3 atom stereocenters. The molecule has 1 aromatic carbocycles. The van der Waals surface area contributed by atoms with Crippen molar-refractivity contribution in [1.82, 2.24) is 0 Å². The third-order valence-electron chi connectivity index (χ3n) is 4.38. The van der Waals surface area contributed by atoms with Crippen molar-refractivity contribution in [2.24, 2.45) is 11.8 Å². The molecule has 3 unspecified atom stereocenters. The molecule has 4 heteroatoms. The molecular formula is C17H26N2O2. The van der Waals surface area contributed by atoms with Crippen molar-refractivity contribution in [2.45, 2.75) is 46.1 Å². The Morgan fingerprint density at radius 3 is 2.43 bits per heavy atom. The van der Waals surface area contributed by atoms with Gasteiger partial charge in [0.25, 0.3) is 0 Å². The predicted octanol–water partition coefficient (Wildman–Crippen LogP) is 4.49. The van der Waals surface area contributed by atoms with Gasteiger partial charge in [-0.3, -0.25) is 5.32 Å². The maximum Gasteiger partial charge on any atom is 0.411 e. The zero-order valence-electron chi connectivity index (χ0n) is 13.2. The Morgan fingerprint density at radius 2 is 1.81 bits per heavy atom. The van der Waals surface area contributed by atoms with Crippen LogP contribution in [0.15, 0.2) is 24.3 Å². The van der Waals surface area contributed by atoms with Crippen molar-refractivity contribution in [3.05, 3.63) is 24.3 Å². The van der Waals surface area contributed by atoms with Crippen molar-refractivity contribution in [3.8, 4) is 0 Å². The van der Waals surface area contributed by atoms with Crippen LogP contribution in [0.2, 0.25) is 0 Å². The quantitative estimate of drug-likeness (QED) is 0.859. The van der Waals surface area contributed by atoms with E-state index in [2.05, 4.69) is 24.5 Å². The van der Waals surface area contributed by atoms with Crippen LogP contribution in [0.25, 0.3) is 0 Å². The van der Waals surface area contributed by atoms with Gasteiger partial charge in [0.2, 0.25) is 0 Å². The summed E-state index contributed by atoms with van der Waals surface area (Å²) in [5.74, 6) is 1.61. The molecule has 0 spiro atoms. The molecule has 1 saturated carbocycles. The second-order valence-corrected chi connectivity index (χ2v) is 6.03. The first-order valence-electron chi connectivity index (χ1n) is 7.89. The zero-order chi connectivity index (χ0) is 15.2. The summed E-state index contributed by atoms with van der Waals surface area (Å²) in [6.45, 7) is 6.85.